The lowest BCUT2D eigenvalue weighted by atomic mass is 10.1. The number of pyridine rings is 1. The minimum Gasteiger partial charge on any atom is -0.297 e. The van der Waals surface area contributed by atoms with Crippen LogP contribution in [0.5, 0.6) is 0 Å². The average Bonchev–Trinajstić information content (AvgIpc) is 2.97. The van der Waals surface area contributed by atoms with E-state index in [1.54, 1.807) is 18.3 Å². The summed E-state index contributed by atoms with van der Waals surface area (Å²) in [7, 11) is -3.43. The van der Waals surface area contributed by atoms with Gasteiger partial charge in [0.25, 0.3) is 0 Å². The summed E-state index contributed by atoms with van der Waals surface area (Å²) >= 11 is 6.24. The van der Waals surface area contributed by atoms with E-state index in [1.807, 2.05) is 6.07 Å². The molecule has 1 atom stereocenters. The molecule has 3 rings (SSSR count). The highest BCUT2D eigenvalue weighted by atomic mass is 35.5. The Bertz CT molecular complexity index is 838. The zero-order valence-corrected chi connectivity index (χ0v) is 15.2. The molecule has 0 N–H and O–H groups in total. The van der Waals surface area contributed by atoms with E-state index in [0.29, 0.717) is 28.3 Å². The highest BCUT2D eigenvalue weighted by Crippen LogP contribution is 2.34. The Hall–Kier alpha value is -1.17. The number of likely N-dealkylation sites (tertiary alicyclic amines) is 1. The summed E-state index contributed by atoms with van der Waals surface area (Å²) in [6.07, 6.45) is 3.80. The Kier molecular flexibility index (Phi) is 4.15. The van der Waals surface area contributed by atoms with Crippen LogP contribution in [0.15, 0.2) is 35.5 Å². The van der Waals surface area contributed by atoms with Gasteiger partial charge in [0.2, 0.25) is 0 Å². The van der Waals surface area contributed by atoms with Crippen LogP contribution in [-0.4, -0.2) is 42.2 Å². The van der Waals surface area contributed by atoms with Crippen LogP contribution in [0.4, 0.5) is 0 Å². The van der Waals surface area contributed by atoms with Crippen molar-refractivity contribution in [1.29, 1.82) is 0 Å². The van der Waals surface area contributed by atoms with Gasteiger partial charge in [0.1, 0.15) is 0 Å². The van der Waals surface area contributed by atoms with E-state index in [4.69, 9.17) is 11.6 Å². The van der Waals surface area contributed by atoms with Crippen molar-refractivity contribution in [3.8, 4) is 0 Å². The second-order valence-electron chi connectivity index (χ2n) is 7.05. The molecular weight excluding hydrogens is 332 g/mol. The molecule has 0 spiro atoms. The van der Waals surface area contributed by atoms with Crippen LogP contribution < -0.4 is 0 Å². The lowest BCUT2D eigenvalue weighted by Gasteiger charge is -2.31. The molecule has 6 heteroatoms. The fraction of sp³-hybridized carbons (Fsp3) is 0.471. The van der Waals surface area contributed by atoms with Crippen molar-refractivity contribution in [3.05, 3.63) is 35.6 Å². The first kappa shape index (κ1) is 16.7. The molecular formula is C17H21ClN2O2S. The monoisotopic (exact) mass is 352 g/mol. The number of nitrogens with zero attached hydrogens (tertiary/aromatic N) is 2. The van der Waals surface area contributed by atoms with Gasteiger partial charge >= 0.3 is 0 Å². The molecule has 0 saturated carbocycles. The third-order valence-corrected chi connectivity index (χ3v) is 7.04. The molecule has 1 aromatic heterocycles. The molecule has 23 heavy (non-hydrogen) atoms. The molecule has 2 heterocycles. The second kappa shape index (κ2) is 5.72. The Balaban J connectivity index is 2.05. The fourth-order valence-corrected chi connectivity index (χ4v) is 5.42. The highest BCUT2D eigenvalue weighted by molar-refractivity contribution is 7.92. The van der Waals surface area contributed by atoms with Crippen LogP contribution in [0, 0.1) is 0 Å². The highest BCUT2D eigenvalue weighted by Gasteiger charge is 2.38. The number of rotatable bonds is 2. The average molecular weight is 353 g/mol. The molecule has 2 aromatic rings. The summed E-state index contributed by atoms with van der Waals surface area (Å²) in [5.41, 5.74) is -0.0232. The van der Waals surface area contributed by atoms with E-state index in [2.05, 4.69) is 30.7 Å². The zero-order valence-electron chi connectivity index (χ0n) is 13.6. The predicted octanol–water partition coefficient (Wildman–Crippen LogP) is 3.53. The van der Waals surface area contributed by atoms with Crippen LogP contribution in [0.2, 0.25) is 5.02 Å². The van der Waals surface area contributed by atoms with Crippen LogP contribution in [0.25, 0.3) is 10.8 Å². The van der Waals surface area contributed by atoms with Gasteiger partial charge in [-0.2, -0.15) is 0 Å². The molecule has 1 saturated heterocycles. The molecule has 124 valence electrons. The topological polar surface area (TPSA) is 50.3 Å². The summed E-state index contributed by atoms with van der Waals surface area (Å²) in [5.74, 6) is 0. The molecule has 0 radical (unpaired) electrons. The van der Waals surface area contributed by atoms with Gasteiger partial charge in [-0.25, -0.2) is 8.42 Å². The van der Waals surface area contributed by atoms with Gasteiger partial charge < -0.3 is 0 Å². The van der Waals surface area contributed by atoms with E-state index in [-0.39, 0.29) is 5.54 Å². The molecule has 0 amide bonds. The maximum Gasteiger partial charge on any atom is 0.183 e. The number of sulfone groups is 1. The normalized spacial score (nSPS) is 20.3. The lowest BCUT2D eigenvalue weighted by Crippen LogP contribution is -2.40. The van der Waals surface area contributed by atoms with Gasteiger partial charge in [0, 0.05) is 35.2 Å². The number of benzene rings is 1. The van der Waals surface area contributed by atoms with Crippen molar-refractivity contribution in [3.63, 3.8) is 0 Å². The van der Waals surface area contributed by atoms with Gasteiger partial charge in [-0.1, -0.05) is 23.7 Å². The van der Waals surface area contributed by atoms with Crippen molar-refractivity contribution in [2.75, 3.05) is 13.1 Å². The van der Waals surface area contributed by atoms with Crippen molar-refractivity contribution in [1.82, 2.24) is 9.88 Å². The standard InChI is InChI=1S/C17H21ClN2O2S/c1-17(2,3)20-8-7-13(11-20)23(21,22)15-6-4-5-12-9-19-10-14(18)16(12)15/h4-6,9-10,13H,7-8,11H2,1-3H3. The summed E-state index contributed by atoms with van der Waals surface area (Å²) in [6, 6.07) is 5.25. The molecule has 1 aliphatic rings. The first-order valence-electron chi connectivity index (χ1n) is 7.72. The van der Waals surface area contributed by atoms with Crippen molar-refractivity contribution < 1.29 is 8.42 Å². The van der Waals surface area contributed by atoms with Crippen LogP contribution >= 0.6 is 11.6 Å². The van der Waals surface area contributed by atoms with Gasteiger partial charge in [0.15, 0.2) is 9.84 Å². The smallest absolute Gasteiger partial charge is 0.183 e. The minimum absolute atomic E-state index is 0.0232. The first-order chi connectivity index (χ1) is 10.7. The van der Waals surface area contributed by atoms with Crippen molar-refractivity contribution >= 4 is 32.2 Å². The largest absolute Gasteiger partial charge is 0.297 e. The second-order valence-corrected chi connectivity index (χ2v) is 9.65. The molecule has 0 bridgehead atoms. The molecule has 0 aliphatic carbocycles. The number of hydrogen-bond donors (Lipinski definition) is 0. The van der Waals surface area contributed by atoms with Gasteiger partial charge in [-0.05, 0) is 39.8 Å². The number of hydrogen-bond acceptors (Lipinski definition) is 4. The van der Waals surface area contributed by atoms with E-state index in [0.717, 1.165) is 11.9 Å². The molecule has 4 nitrogen and oxygen atoms in total. The Labute approximate surface area is 142 Å². The third kappa shape index (κ3) is 2.97. The molecule has 1 aliphatic heterocycles. The third-order valence-electron chi connectivity index (χ3n) is 4.54. The van der Waals surface area contributed by atoms with Crippen molar-refractivity contribution in [2.24, 2.45) is 0 Å². The summed E-state index contributed by atoms with van der Waals surface area (Å²) in [5, 5.41) is 1.33. The van der Waals surface area contributed by atoms with E-state index in [1.165, 1.54) is 6.20 Å². The van der Waals surface area contributed by atoms with Gasteiger partial charge in [-0.15, -0.1) is 0 Å². The number of fused-ring (bicyclic) bond motifs is 1. The van der Waals surface area contributed by atoms with E-state index in [9.17, 15) is 8.42 Å². The SMILES string of the molecule is CC(C)(C)N1CCC(S(=O)(=O)c2cccc3cncc(Cl)c23)C1. The molecule has 1 aromatic carbocycles. The zero-order chi connectivity index (χ0) is 16.8. The van der Waals surface area contributed by atoms with Crippen LogP contribution in [0.3, 0.4) is 0 Å². The van der Waals surface area contributed by atoms with Crippen molar-refractivity contribution in [2.45, 2.75) is 42.9 Å². The van der Waals surface area contributed by atoms with Crippen LogP contribution in [0.1, 0.15) is 27.2 Å². The Morgan fingerprint density at radius 1 is 1.26 bits per heavy atom. The maximum atomic E-state index is 13.2. The van der Waals surface area contributed by atoms with E-state index >= 15 is 0 Å². The quantitative estimate of drug-likeness (QED) is 0.829. The summed E-state index contributed by atoms with van der Waals surface area (Å²) < 4.78 is 26.3. The Morgan fingerprint density at radius 3 is 2.65 bits per heavy atom. The fourth-order valence-electron chi connectivity index (χ4n) is 3.17. The number of halogens is 1. The van der Waals surface area contributed by atoms with Gasteiger partial charge in [0.05, 0.1) is 15.2 Å². The van der Waals surface area contributed by atoms with Crippen LogP contribution in [-0.2, 0) is 9.84 Å². The lowest BCUT2D eigenvalue weighted by molar-refractivity contribution is 0.175. The minimum atomic E-state index is -3.43. The first-order valence-corrected chi connectivity index (χ1v) is 9.65. The maximum absolute atomic E-state index is 13.2. The predicted molar refractivity (Wildman–Crippen MR) is 93.7 cm³/mol. The summed E-state index contributed by atoms with van der Waals surface area (Å²) in [6.45, 7) is 7.70. The summed E-state index contributed by atoms with van der Waals surface area (Å²) in [4.78, 5) is 6.59. The molecule has 1 fully saturated rings. The molecule has 1 unspecified atom stereocenters. The number of aromatic nitrogens is 1. The Morgan fingerprint density at radius 2 is 2.00 bits per heavy atom. The van der Waals surface area contributed by atoms with E-state index < -0.39 is 15.1 Å². The van der Waals surface area contributed by atoms with Gasteiger partial charge in [-0.3, -0.25) is 9.88 Å².